The predicted molar refractivity (Wildman–Crippen MR) is 76.6 cm³/mol. The summed E-state index contributed by atoms with van der Waals surface area (Å²) in [6.07, 6.45) is 0.864. The summed E-state index contributed by atoms with van der Waals surface area (Å²) in [5.74, 6) is 1.29. The molecule has 0 aliphatic rings. The van der Waals surface area contributed by atoms with Gasteiger partial charge in [-0.3, -0.25) is 0 Å². The van der Waals surface area contributed by atoms with E-state index in [0.29, 0.717) is 11.7 Å². The van der Waals surface area contributed by atoms with E-state index in [9.17, 15) is 0 Å². The molecule has 0 fully saturated rings. The average molecular weight is 279 g/mol. The van der Waals surface area contributed by atoms with Gasteiger partial charge in [0.1, 0.15) is 5.82 Å². The summed E-state index contributed by atoms with van der Waals surface area (Å²) in [5, 5.41) is 3.92. The highest BCUT2D eigenvalue weighted by Gasteiger charge is 2.02. The molecule has 3 N–H and O–H groups in total. The minimum absolute atomic E-state index is 0.188. The minimum atomic E-state index is 0.188. The van der Waals surface area contributed by atoms with Crippen LogP contribution in [0.4, 0.5) is 11.8 Å². The smallest absolute Gasteiger partial charge is 0.225 e. The van der Waals surface area contributed by atoms with Crippen molar-refractivity contribution in [3.05, 3.63) is 40.9 Å². The summed E-state index contributed by atoms with van der Waals surface area (Å²) in [5.41, 5.74) is 6.78. The van der Waals surface area contributed by atoms with Crippen molar-refractivity contribution in [1.82, 2.24) is 9.97 Å². The van der Waals surface area contributed by atoms with Gasteiger partial charge in [-0.1, -0.05) is 23.7 Å². The molecule has 1 heterocycles. The molecule has 6 heteroatoms. The van der Waals surface area contributed by atoms with E-state index in [1.807, 2.05) is 24.3 Å². The van der Waals surface area contributed by atoms with Gasteiger partial charge < -0.3 is 15.8 Å². The number of ether oxygens (including phenoxy) is 1. The van der Waals surface area contributed by atoms with Crippen LogP contribution in [0.3, 0.4) is 0 Å². The monoisotopic (exact) mass is 278 g/mol. The van der Waals surface area contributed by atoms with Crippen LogP contribution in [0.25, 0.3) is 0 Å². The van der Waals surface area contributed by atoms with Crippen LogP contribution < -0.4 is 15.8 Å². The first-order valence-corrected chi connectivity index (χ1v) is 6.22. The van der Waals surface area contributed by atoms with Crippen molar-refractivity contribution in [2.45, 2.75) is 6.42 Å². The molecule has 100 valence electrons. The lowest BCUT2D eigenvalue weighted by Crippen LogP contribution is -2.08. The van der Waals surface area contributed by atoms with Gasteiger partial charge in [0, 0.05) is 17.6 Å². The van der Waals surface area contributed by atoms with E-state index in [2.05, 4.69) is 15.3 Å². The SMILES string of the molecule is COc1cc(NCCc2ccc(Cl)cc2)nc(N)n1. The third kappa shape index (κ3) is 3.99. The van der Waals surface area contributed by atoms with E-state index in [4.69, 9.17) is 22.1 Å². The molecule has 0 radical (unpaired) electrons. The van der Waals surface area contributed by atoms with Crippen molar-refractivity contribution in [3.8, 4) is 5.88 Å². The lowest BCUT2D eigenvalue weighted by atomic mass is 10.1. The van der Waals surface area contributed by atoms with Gasteiger partial charge in [0.15, 0.2) is 0 Å². The number of anilines is 2. The number of hydrogen-bond donors (Lipinski definition) is 2. The zero-order valence-corrected chi connectivity index (χ0v) is 11.3. The Morgan fingerprint density at radius 2 is 2.00 bits per heavy atom. The number of aromatic nitrogens is 2. The second-order valence-electron chi connectivity index (χ2n) is 3.96. The standard InChI is InChI=1S/C13H15ClN4O/c1-19-12-8-11(17-13(15)18-12)16-7-6-9-2-4-10(14)5-3-9/h2-5,8H,6-7H2,1H3,(H3,15,16,17,18). The first kappa shape index (κ1) is 13.4. The Kier molecular flexibility index (Phi) is 4.41. The molecule has 0 saturated heterocycles. The fourth-order valence-electron chi connectivity index (χ4n) is 1.62. The molecular formula is C13H15ClN4O. The number of nitrogens with one attached hydrogen (secondary N) is 1. The summed E-state index contributed by atoms with van der Waals surface area (Å²) >= 11 is 5.83. The minimum Gasteiger partial charge on any atom is -0.481 e. The lowest BCUT2D eigenvalue weighted by Gasteiger charge is -2.07. The van der Waals surface area contributed by atoms with E-state index in [1.165, 1.54) is 5.56 Å². The van der Waals surface area contributed by atoms with E-state index < -0.39 is 0 Å². The molecule has 2 rings (SSSR count). The topological polar surface area (TPSA) is 73.1 Å². The number of methoxy groups -OCH3 is 1. The van der Waals surface area contributed by atoms with Crippen LogP contribution in [0.15, 0.2) is 30.3 Å². The van der Waals surface area contributed by atoms with E-state index in [-0.39, 0.29) is 5.95 Å². The molecule has 19 heavy (non-hydrogen) atoms. The van der Waals surface area contributed by atoms with Gasteiger partial charge in [0.2, 0.25) is 11.8 Å². The zero-order valence-electron chi connectivity index (χ0n) is 10.6. The Morgan fingerprint density at radius 1 is 1.26 bits per heavy atom. The molecule has 1 aromatic carbocycles. The largest absolute Gasteiger partial charge is 0.481 e. The molecule has 5 nitrogen and oxygen atoms in total. The van der Waals surface area contributed by atoms with E-state index in [1.54, 1.807) is 13.2 Å². The molecule has 0 spiro atoms. The average Bonchev–Trinajstić information content (AvgIpc) is 2.40. The molecule has 1 aromatic heterocycles. The number of rotatable bonds is 5. The first-order chi connectivity index (χ1) is 9.17. The maximum Gasteiger partial charge on any atom is 0.225 e. The van der Waals surface area contributed by atoms with Crippen molar-refractivity contribution in [1.29, 1.82) is 0 Å². The molecule has 2 aromatic rings. The van der Waals surface area contributed by atoms with Crippen LogP contribution in [-0.4, -0.2) is 23.6 Å². The Labute approximate surface area is 116 Å². The van der Waals surface area contributed by atoms with Crippen molar-refractivity contribution < 1.29 is 4.74 Å². The van der Waals surface area contributed by atoms with Gasteiger partial charge in [0.25, 0.3) is 0 Å². The molecule has 0 aliphatic heterocycles. The highest BCUT2D eigenvalue weighted by Crippen LogP contribution is 2.14. The van der Waals surface area contributed by atoms with Crippen molar-refractivity contribution >= 4 is 23.4 Å². The van der Waals surface area contributed by atoms with Crippen molar-refractivity contribution in [2.75, 3.05) is 24.7 Å². The summed E-state index contributed by atoms with van der Waals surface area (Å²) in [6, 6.07) is 9.46. The Balaban J connectivity index is 1.92. The van der Waals surface area contributed by atoms with Crippen molar-refractivity contribution in [3.63, 3.8) is 0 Å². The number of nitrogens with two attached hydrogens (primary N) is 1. The summed E-state index contributed by atoms with van der Waals surface area (Å²) in [6.45, 7) is 0.737. The Morgan fingerprint density at radius 3 is 2.68 bits per heavy atom. The van der Waals surface area contributed by atoms with Crippen molar-refractivity contribution in [2.24, 2.45) is 0 Å². The third-order valence-corrected chi connectivity index (χ3v) is 2.81. The third-order valence-electron chi connectivity index (χ3n) is 2.56. The van der Waals surface area contributed by atoms with Gasteiger partial charge >= 0.3 is 0 Å². The highest BCUT2D eigenvalue weighted by molar-refractivity contribution is 6.30. The molecule has 0 saturated carbocycles. The van der Waals surface area contributed by atoms with Crippen LogP contribution in [0.1, 0.15) is 5.56 Å². The lowest BCUT2D eigenvalue weighted by molar-refractivity contribution is 0.398. The fourth-order valence-corrected chi connectivity index (χ4v) is 1.75. The molecule has 0 atom stereocenters. The highest BCUT2D eigenvalue weighted by atomic mass is 35.5. The Bertz CT molecular complexity index is 545. The maximum absolute atomic E-state index is 5.83. The van der Waals surface area contributed by atoms with E-state index >= 15 is 0 Å². The van der Waals surface area contributed by atoms with Crippen LogP contribution in [0.5, 0.6) is 5.88 Å². The Hall–Kier alpha value is -2.01. The summed E-state index contributed by atoms with van der Waals surface area (Å²) in [7, 11) is 1.54. The van der Waals surface area contributed by atoms with Crippen LogP contribution in [0.2, 0.25) is 5.02 Å². The number of halogens is 1. The van der Waals surface area contributed by atoms with Crippen LogP contribution in [0, 0.1) is 0 Å². The quantitative estimate of drug-likeness (QED) is 0.878. The zero-order chi connectivity index (χ0) is 13.7. The van der Waals surface area contributed by atoms with Gasteiger partial charge in [-0.05, 0) is 24.1 Å². The van der Waals surface area contributed by atoms with Crippen LogP contribution in [-0.2, 0) is 6.42 Å². The number of nitrogens with zero attached hydrogens (tertiary/aromatic N) is 2. The number of benzene rings is 1. The number of hydrogen-bond acceptors (Lipinski definition) is 5. The molecule has 0 bridgehead atoms. The van der Waals surface area contributed by atoms with Gasteiger partial charge in [-0.15, -0.1) is 0 Å². The second kappa shape index (κ2) is 6.24. The maximum atomic E-state index is 5.83. The molecule has 0 aliphatic carbocycles. The molecule has 0 amide bonds. The van der Waals surface area contributed by atoms with Crippen LogP contribution >= 0.6 is 11.6 Å². The fraction of sp³-hybridized carbons (Fsp3) is 0.231. The van der Waals surface area contributed by atoms with Gasteiger partial charge in [-0.2, -0.15) is 9.97 Å². The van der Waals surface area contributed by atoms with E-state index in [0.717, 1.165) is 18.0 Å². The first-order valence-electron chi connectivity index (χ1n) is 5.84. The van der Waals surface area contributed by atoms with Gasteiger partial charge in [-0.25, -0.2) is 0 Å². The second-order valence-corrected chi connectivity index (χ2v) is 4.39. The molecular weight excluding hydrogens is 264 g/mol. The summed E-state index contributed by atoms with van der Waals surface area (Å²) in [4.78, 5) is 8.00. The molecule has 0 unspecified atom stereocenters. The predicted octanol–water partition coefficient (Wildman–Crippen LogP) is 2.38. The summed E-state index contributed by atoms with van der Waals surface area (Å²) < 4.78 is 5.03. The normalized spacial score (nSPS) is 10.2. The van der Waals surface area contributed by atoms with Gasteiger partial charge in [0.05, 0.1) is 7.11 Å². The number of nitrogen functional groups attached to an aromatic ring is 1.